The Morgan fingerprint density at radius 1 is 1.03 bits per heavy atom. The predicted octanol–water partition coefficient (Wildman–Crippen LogP) is 6.45. The lowest BCUT2D eigenvalue weighted by Crippen LogP contribution is -2.11. The van der Waals surface area contributed by atoms with Gasteiger partial charge in [0.25, 0.3) is 0 Å². The van der Waals surface area contributed by atoms with Gasteiger partial charge >= 0.3 is 0 Å². The van der Waals surface area contributed by atoms with Gasteiger partial charge in [0.05, 0.1) is 10.4 Å². The van der Waals surface area contributed by atoms with Crippen LogP contribution >= 0.6 is 11.6 Å². The number of rotatable bonds is 4. The molecule has 1 aromatic heterocycles. The van der Waals surface area contributed by atoms with Crippen molar-refractivity contribution in [3.8, 4) is 17.1 Å². The first kappa shape index (κ1) is 19.2. The summed E-state index contributed by atoms with van der Waals surface area (Å²) in [6, 6.07) is 16.8. The standard InChI is InChI=1S/C24H18ClFO3/c1-14-11-15(2)21-20(12-14)29-23(18-5-3-4-6-19(18)25)24(22(21)27)28-13-16-7-9-17(26)10-8-16/h3-12H,13H2,1-2H3. The number of halogens is 2. The van der Waals surface area contributed by atoms with Gasteiger partial charge in [0.15, 0.2) is 5.76 Å². The third kappa shape index (κ3) is 3.76. The van der Waals surface area contributed by atoms with E-state index in [1.807, 2.05) is 32.0 Å². The van der Waals surface area contributed by atoms with E-state index in [1.165, 1.54) is 12.1 Å². The van der Waals surface area contributed by atoms with Crippen molar-refractivity contribution in [3.63, 3.8) is 0 Å². The van der Waals surface area contributed by atoms with Crippen molar-refractivity contribution in [1.82, 2.24) is 0 Å². The molecule has 146 valence electrons. The molecule has 0 fully saturated rings. The van der Waals surface area contributed by atoms with E-state index in [4.69, 9.17) is 20.8 Å². The monoisotopic (exact) mass is 408 g/mol. The van der Waals surface area contributed by atoms with E-state index in [1.54, 1.807) is 30.3 Å². The fourth-order valence-electron chi connectivity index (χ4n) is 3.36. The van der Waals surface area contributed by atoms with E-state index in [9.17, 15) is 9.18 Å². The molecule has 1 heterocycles. The Morgan fingerprint density at radius 3 is 2.48 bits per heavy atom. The fourth-order valence-corrected chi connectivity index (χ4v) is 3.58. The Bertz CT molecular complexity index is 1260. The normalized spacial score (nSPS) is 11.0. The quantitative estimate of drug-likeness (QED) is 0.389. The Hall–Kier alpha value is -3.11. The molecule has 3 aromatic carbocycles. The van der Waals surface area contributed by atoms with Crippen molar-refractivity contribution in [2.75, 3.05) is 0 Å². The lowest BCUT2D eigenvalue weighted by atomic mass is 10.0. The molecule has 0 N–H and O–H groups in total. The van der Waals surface area contributed by atoms with Crippen molar-refractivity contribution < 1.29 is 13.5 Å². The molecular weight excluding hydrogens is 391 g/mol. The van der Waals surface area contributed by atoms with Crippen LogP contribution in [0.15, 0.2) is 69.9 Å². The molecule has 0 bridgehead atoms. The first-order valence-corrected chi connectivity index (χ1v) is 9.52. The molecule has 5 heteroatoms. The molecule has 0 unspecified atom stereocenters. The molecule has 0 saturated carbocycles. The van der Waals surface area contributed by atoms with Crippen LogP contribution in [0, 0.1) is 19.7 Å². The van der Waals surface area contributed by atoms with Gasteiger partial charge in [0, 0.05) is 5.56 Å². The number of fused-ring (bicyclic) bond motifs is 1. The molecule has 4 aromatic rings. The van der Waals surface area contributed by atoms with Gasteiger partial charge in [-0.1, -0.05) is 41.9 Å². The maximum Gasteiger partial charge on any atom is 0.235 e. The van der Waals surface area contributed by atoms with Crippen LogP contribution in [0.5, 0.6) is 5.75 Å². The van der Waals surface area contributed by atoms with E-state index in [-0.39, 0.29) is 29.4 Å². The largest absolute Gasteiger partial charge is 0.481 e. The second kappa shape index (κ2) is 7.72. The summed E-state index contributed by atoms with van der Waals surface area (Å²) in [6.07, 6.45) is 0. The zero-order valence-electron chi connectivity index (χ0n) is 16.0. The molecule has 0 radical (unpaired) electrons. The molecule has 3 nitrogen and oxygen atoms in total. The van der Waals surface area contributed by atoms with Crippen LogP contribution in [-0.4, -0.2) is 0 Å². The number of aryl methyl sites for hydroxylation is 2. The highest BCUT2D eigenvalue weighted by molar-refractivity contribution is 6.33. The van der Waals surface area contributed by atoms with E-state index in [0.29, 0.717) is 21.6 Å². The van der Waals surface area contributed by atoms with Crippen LogP contribution in [0.4, 0.5) is 4.39 Å². The first-order chi connectivity index (χ1) is 13.9. The molecule has 4 rings (SSSR count). The summed E-state index contributed by atoms with van der Waals surface area (Å²) in [6.45, 7) is 3.91. The topological polar surface area (TPSA) is 39.4 Å². The number of hydrogen-bond acceptors (Lipinski definition) is 3. The first-order valence-electron chi connectivity index (χ1n) is 9.14. The van der Waals surface area contributed by atoms with Crippen molar-refractivity contribution in [2.45, 2.75) is 20.5 Å². The van der Waals surface area contributed by atoms with Gasteiger partial charge in [0.2, 0.25) is 11.2 Å². The van der Waals surface area contributed by atoms with Gasteiger partial charge in [-0.3, -0.25) is 4.79 Å². The fraction of sp³-hybridized carbons (Fsp3) is 0.125. The lowest BCUT2D eigenvalue weighted by molar-refractivity contribution is 0.297. The molecule has 0 aliphatic carbocycles. The molecule has 0 spiro atoms. The predicted molar refractivity (Wildman–Crippen MR) is 113 cm³/mol. The number of hydrogen-bond donors (Lipinski definition) is 0. The van der Waals surface area contributed by atoms with Gasteiger partial charge in [-0.2, -0.15) is 0 Å². The third-order valence-electron chi connectivity index (χ3n) is 4.71. The summed E-state index contributed by atoms with van der Waals surface area (Å²) < 4.78 is 25.2. The second-order valence-electron chi connectivity index (χ2n) is 6.94. The summed E-state index contributed by atoms with van der Waals surface area (Å²) in [7, 11) is 0. The van der Waals surface area contributed by atoms with Crippen molar-refractivity contribution in [1.29, 1.82) is 0 Å². The van der Waals surface area contributed by atoms with Gasteiger partial charge in [0.1, 0.15) is 18.0 Å². The highest BCUT2D eigenvalue weighted by Crippen LogP contribution is 2.36. The second-order valence-corrected chi connectivity index (χ2v) is 7.35. The molecule has 29 heavy (non-hydrogen) atoms. The Balaban J connectivity index is 1.91. The van der Waals surface area contributed by atoms with Crippen LogP contribution < -0.4 is 10.2 Å². The molecule has 0 atom stereocenters. The zero-order valence-corrected chi connectivity index (χ0v) is 16.7. The van der Waals surface area contributed by atoms with E-state index in [2.05, 4.69) is 0 Å². The van der Waals surface area contributed by atoms with Crippen LogP contribution in [0.1, 0.15) is 16.7 Å². The van der Waals surface area contributed by atoms with Crippen molar-refractivity contribution in [3.05, 3.63) is 98.4 Å². The van der Waals surface area contributed by atoms with E-state index in [0.717, 1.165) is 16.7 Å². The average Bonchev–Trinajstić information content (AvgIpc) is 2.68. The number of benzene rings is 3. The van der Waals surface area contributed by atoms with E-state index >= 15 is 0 Å². The minimum Gasteiger partial charge on any atom is -0.481 e. The summed E-state index contributed by atoms with van der Waals surface area (Å²) in [4.78, 5) is 13.4. The third-order valence-corrected chi connectivity index (χ3v) is 5.04. The Morgan fingerprint density at radius 2 is 1.76 bits per heavy atom. The summed E-state index contributed by atoms with van der Waals surface area (Å²) in [5, 5.41) is 0.923. The van der Waals surface area contributed by atoms with Crippen LogP contribution in [0.3, 0.4) is 0 Å². The van der Waals surface area contributed by atoms with Gasteiger partial charge in [-0.25, -0.2) is 4.39 Å². The Kier molecular flexibility index (Phi) is 5.12. The minimum absolute atomic E-state index is 0.0851. The van der Waals surface area contributed by atoms with E-state index < -0.39 is 0 Å². The maximum atomic E-state index is 13.4. The molecule has 0 saturated heterocycles. The highest BCUT2D eigenvalue weighted by atomic mass is 35.5. The van der Waals surface area contributed by atoms with Crippen LogP contribution in [-0.2, 0) is 6.61 Å². The van der Waals surface area contributed by atoms with Gasteiger partial charge < -0.3 is 9.15 Å². The smallest absolute Gasteiger partial charge is 0.235 e. The maximum absolute atomic E-state index is 13.4. The molecular formula is C24H18ClFO3. The zero-order chi connectivity index (χ0) is 20.5. The van der Waals surface area contributed by atoms with Crippen molar-refractivity contribution >= 4 is 22.6 Å². The SMILES string of the molecule is Cc1cc(C)c2c(=O)c(OCc3ccc(F)cc3)c(-c3ccccc3Cl)oc2c1. The molecule has 0 aliphatic heterocycles. The molecule has 0 aliphatic rings. The molecule has 0 amide bonds. The number of ether oxygens (including phenoxy) is 1. The van der Waals surface area contributed by atoms with Gasteiger partial charge in [-0.05, 0) is 60.9 Å². The summed E-state index contributed by atoms with van der Waals surface area (Å²) in [5.41, 5.74) is 3.32. The highest BCUT2D eigenvalue weighted by Gasteiger charge is 2.21. The van der Waals surface area contributed by atoms with Crippen LogP contribution in [0.25, 0.3) is 22.3 Å². The summed E-state index contributed by atoms with van der Waals surface area (Å²) in [5.74, 6) is 0.0313. The average molecular weight is 409 g/mol. The Labute approximate surface area is 172 Å². The van der Waals surface area contributed by atoms with Crippen molar-refractivity contribution in [2.24, 2.45) is 0 Å². The summed E-state index contributed by atoms with van der Waals surface area (Å²) >= 11 is 6.37. The minimum atomic E-state index is -0.332. The van der Waals surface area contributed by atoms with Crippen LogP contribution in [0.2, 0.25) is 5.02 Å². The van der Waals surface area contributed by atoms with Gasteiger partial charge in [-0.15, -0.1) is 0 Å². The lowest BCUT2D eigenvalue weighted by Gasteiger charge is -2.14.